The van der Waals surface area contributed by atoms with Gasteiger partial charge in [0, 0.05) is 19.6 Å². The van der Waals surface area contributed by atoms with Gasteiger partial charge < -0.3 is 20.5 Å². The third kappa shape index (κ3) is 4.66. The molecule has 0 bridgehead atoms. The van der Waals surface area contributed by atoms with Crippen LogP contribution in [0, 0.1) is 16.7 Å². The van der Waals surface area contributed by atoms with Gasteiger partial charge in [0.15, 0.2) is 0 Å². The number of piperidine rings is 1. The number of aliphatic hydroxyl groups excluding tert-OH is 1. The van der Waals surface area contributed by atoms with E-state index in [2.05, 4.69) is 6.07 Å². The van der Waals surface area contributed by atoms with Gasteiger partial charge in [-0.1, -0.05) is 0 Å². The predicted molar refractivity (Wildman–Crippen MR) is 74.8 cm³/mol. The van der Waals surface area contributed by atoms with E-state index in [0.717, 1.165) is 6.42 Å². The Labute approximate surface area is 120 Å². The van der Waals surface area contributed by atoms with E-state index < -0.39 is 23.2 Å². The van der Waals surface area contributed by atoms with Crippen LogP contribution in [0.5, 0.6) is 0 Å². The van der Waals surface area contributed by atoms with Crippen molar-refractivity contribution in [2.24, 2.45) is 11.1 Å². The number of carbonyl (C=O) groups excluding carboxylic acids is 1. The van der Waals surface area contributed by atoms with Gasteiger partial charge >= 0.3 is 6.09 Å². The van der Waals surface area contributed by atoms with E-state index in [4.69, 9.17) is 10.5 Å². The summed E-state index contributed by atoms with van der Waals surface area (Å²) in [6, 6.07) is 2.27. The number of nitrogens with two attached hydrogens (primary N) is 1. The van der Waals surface area contributed by atoms with Crippen molar-refractivity contribution < 1.29 is 14.6 Å². The lowest BCUT2D eigenvalue weighted by molar-refractivity contribution is 0.00461. The fourth-order valence-corrected chi connectivity index (χ4v) is 2.45. The molecular formula is C14H25N3O3. The highest BCUT2D eigenvalue weighted by molar-refractivity contribution is 5.68. The molecule has 114 valence electrons. The molecule has 0 aliphatic carbocycles. The molecular weight excluding hydrogens is 258 g/mol. The summed E-state index contributed by atoms with van der Waals surface area (Å²) >= 11 is 0. The van der Waals surface area contributed by atoms with Crippen molar-refractivity contribution in [1.29, 1.82) is 5.26 Å². The fraction of sp³-hybridized carbons (Fsp3) is 0.857. The second kappa shape index (κ2) is 6.42. The molecule has 2 atom stereocenters. The summed E-state index contributed by atoms with van der Waals surface area (Å²) in [7, 11) is 0. The predicted octanol–water partition coefficient (Wildman–Crippen LogP) is 1.24. The first kappa shape index (κ1) is 16.7. The third-order valence-corrected chi connectivity index (χ3v) is 3.36. The zero-order valence-corrected chi connectivity index (χ0v) is 12.6. The maximum absolute atomic E-state index is 12.1. The smallest absolute Gasteiger partial charge is 0.410 e. The second-order valence-corrected chi connectivity index (χ2v) is 6.49. The average molecular weight is 283 g/mol. The number of hydrogen-bond acceptors (Lipinski definition) is 5. The van der Waals surface area contributed by atoms with Crippen molar-refractivity contribution in [3.8, 4) is 6.07 Å². The molecule has 1 fully saturated rings. The molecule has 0 spiro atoms. The largest absolute Gasteiger partial charge is 0.444 e. The van der Waals surface area contributed by atoms with Gasteiger partial charge in [0.25, 0.3) is 0 Å². The molecule has 1 rings (SSSR count). The monoisotopic (exact) mass is 283 g/mol. The zero-order valence-electron chi connectivity index (χ0n) is 12.6. The summed E-state index contributed by atoms with van der Waals surface area (Å²) in [4.78, 5) is 13.6. The highest BCUT2D eigenvalue weighted by atomic mass is 16.6. The van der Waals surface area contributed by atoms with Gasteiger partial charge in [-0.15, -0.1) is 0 Å². The van der Waals surface area contributed by atoms with Gasteiger partial charge in [-0.25, -0.2) is 4.79 Å². The van der Waals surface area contributed by atoms with Crippen LogP contribution in [0.2, 0.25) is 0 Å². The Morgan fingerprint density at radius 2 is 2.25 bits per heavy atom. The lowest BCUT2D eigenvalue weighted by atomic mass is 9.77. The number of ether oxygens (including phenoxy) is 1. The minimum atomic E-state index is -0.728. The summed E-state index contributed by atoms with van der Waals surface area (Å²) in [5.74, 6) is 0. The number of nitrogens with zero attached hydrogens (tertiary/aromatic N) is 2. The molecule has 1 aliphatic rings. The topological polar surface area (TPSA) is 99.6 Å². The number of rotatable bonds is 3. The molecule has 0 saturated carbocycles. The minimum Gasteiger partial charge on any atom is -0.444 e. The number of hydrogen-bond donors (Lipinski definition) is 2. The minimum absolute atomic E-state index is 0.121. The number of aliphatic hydroxyl groups is 1. The highest BCUT2D eigenvalue weighted by Gasteiger charge is 2.39. The summed E-state index contributed by atoms with van der Waals surface area (Å²) in [6.45, 7) is 6.42. The van der Waals surface area contributed by atoms with Gasteiger partial charge in [0.05, 0.1) is 17.6 Å². The van der Waals surface area contributed by atoms with Crippen molar-refractivity contribution >= 4 is 6.09 Å². The van der Waals surface area contributed by atoms with E-state index in [9.17, 15) is 15.2 Å². The first-order valence-electron chi connectivity index (χ1n) is 6.99. The summed E-state index contributed by atoms with van der Waals surface area (Å²) < 4.78 is 5.34. The highest BCUT2D eigenvalue weighted by Crippen LogP contribution is 2.34. The Balaban J connectivity index is 2.74. The second-order valence-electron chi connectivity index (χ2n) is 6.49. The number of carbonyl (C=O) groups is 1. The van der Waals surface area contributed by atoms with Gasteiger partial charge in [0.1, 0.15) is 5.60 Å². The van der Waals surface area contributed by atoms with Crippen LogP contribution in [0.3, 0.4) is 0 Å². The summed E-state index contributed by atoms with van der Waals surface area (Å²) in [6.07, 6.45) is 0.566. The van der Waals surface area contributed by atoms with Crippen molar-refractivity contribution in [2.75, 3.05) is 19.6 Å². The van der Waals surface area contributed by atoms with Crippen LogP contribution in [-0.2, 0) is 4.74 Å². The van der Waals surface area contributed by atoms with E-state index in [1.807, 2.05) is 20.8 Å². The van der Waals surface area contributed by atoms with Gasteiger partial charge in [0.2, 0.25) is 0 Å². The third-order valence-electron chi connectivity index (χ3n) is 3.36. The van der Waals surface area contributed by atoms with Crippen molar-refractivity contribution in [1.82, 2.24) is 4.90 Å². The molecule has 1 aliphatic heterocycles. The molecule has 1 amide bonds. The summed E-state index contributed by atoms with van der Waals surface area (Å²) in [5, 5.41) is 19.1. The SMILES string of the molecule is CC(C)(C)OC(=O)N1CCC[C@@](C#N)(C[C@H](O)CN)C1. The van der Waals surface area contributed by atoms with Crippen molar-refractivity contribution in [3.63, 3.8) is 0 Å². The Hall–Kier alpha value is -1.32. The Kier molecular flexibility index (Phi) is 5.37. The number of likely N-dealkylation sites (tertiary alicyclic amines) is 1. The van der Waals surface area contributed by atoms with Crippen LogP contribution in [0.1, 0.15) is 40.0 Å². The fourth-order valence-electron chi connectivity index (χ4n) is 2.45. The average Bonchev–Trinajstić information content (AvgIpc) is 2.37. The van der Waals surface area contributed by atoms with Crippen molar-refractivity contribution in [3.05, 3.63) is 0 Å². The lowest BCUT2D eigenvalue weighted by Gasteiger charge is -2.39. The molecule has 0 aromatic heterocycles. The van der Waals surface area contributed by atoms with Crippen LogP contribution in [0.15, 0.2) is 0 Å². The maximum Gasteiger partial charge on any atom is 0.410 e. The van der Waals surface area contributed by atoms with Crippen molar-refractivity contribution in [2.45, 2.75) is 51.7 Å². The van der Waals surface area contributed by atoms with Gasteiger partial charge in [-0.3, -0.25) is 0 Å². The van der Waals surface area contributed by atoms with Gasteiger partial charge in [-0.05, 0) is 40.0 Å². The quantitative estimate of drug-likeness (QED) is 0.811. The first-order valence-corrected chi connectivity index (χ1v) is 6.99. The standard InChI is InChI=1S/C14H25N3O3/c1-13(2,3)20-12(19)17-6-4-5-14(9-16,10-17)7-11(18)8-15/h11,18H,4-8,10,15H2,1-3H3/t11-,14-/m0/s1. The molecule has 0 aromatic carbocycles. The zero-order chi connectivity index (χ0) is 15.4. The van der Waals surface area contributed by atoms with E-state index in [1.165, 1.54) is 0 Å². The molecule has 0 aromatic rings. The molecule has 1 saturated heterocycles. The van der Waals surface area contributed by atoms with Crippen LogP contribution in [0.4, 0.5) is 4.79 Å². The summed E-state index contributed by atoms with van der Waals surface area (Å²) in [5.41, 5.74) is 4.13. The van der Waals surface area contributed by atoms with Crippen LogP contribution >= 0.6 is 0 Å². The van der Waals surface area contributed by atoms with E-state index in [1.54, 1.807) is 4.90 Å². The molecule has 6 heteroatoms. The molecule has 0 unspecified atom stereocenters. The van der Waals surface area contributed by atoms with E-state index >= 15 is 0 Å². The lowest BCUT2D eigenvalue weighted by Crippen LogP contribution is -2.48. The van der Waals surface area contributed by atoms with Crippen LogP contribution < -0.4 is 5.73 Å². The number of nitriles is 1. The molecule has 6 nitrogen and oxygen atoms in total. The van der Waals surface area contributed by atoms with E-state index in [0.29, 0.717) is 19.4 Å². The molecule has 20 heavy (non-hydrogen) atoms. The van der Waals surface area contributed by atoms with E-state index in [-0.39, 0.29) is 13.1 Å². The Bertz CT molecular complexity index is 386. The molecule has 3 N–H and O–H groups in total. The normalized spacial score (nSPS) is 24.9. The van der Waals surface area contributed by atoms with Gasteiger partial charge in [-0.2, -0.15) is 5.26 Å². The molecule has 1 heterocycles. The number of amides is 1. The van der Waals surface area contributed by atoms with Crippen LogP contribution in [0.25, 0.3) is 0 Å². The molecule has 0 radical (unpaired) electrons. The Morgan fingerprint density at radius 3 is 2.75 bits per heavy atom. The van der Waals surface area contributed by atoms with Crippen LogP contribution in [-0.4, -0.2) is 47.4 Å². The maximum atomic E-state index is 12.1. The first-order chi connectivity index (χ1) is 9.21. The Morgan fingerprint density at radius 1 is 1.60 bits per heavy atom.